The van der Waals surface area contributed by atoms with Crippen molar-refractivity contribution in [2.24, 2.45) is 10.9 Å². The van der Waals surface area contributed by atoms with E-state index >= 15 is 0 Å². The SMILES string of the molecule is C=C(N=C(Cl)c1c(N)cccc1F)N1CC(c2nccnc2N2CCC(C#N)CC2)C1. The van der Waals surface area contributed by atoms with E-state index < -0.39 is 5.82 Å². The summed E-state index contributed by atoms with van der Waals surface area (Å²) in [6.45, 7) is 6.91. The maximum Gasteiger partial charge on any atom is 0.150 e. The average Bonchev–Trinajstić information content (AvgIpc) is 2.73. The molecular weight excluding hydrogens is 417 g/mol. The van der Waals surface area contributed by atoms with Gasteiger partial charge in [0.05, 0.1) is 17.3 Å². The van der Waals surface area contributed by atoms with Gasteiger partial charge >= 0.3 is 0 Å². The highest BCUT2D eigenvalue weighted by Crippen LogP contribution is 2.35. The van der Waals surface area contributed by atoms with Crippen molar-refractivity contribution in [3.63, 3.8) is 0 Å². The minimum Gasteiger partial charge on any atom is -0.398 e. The third kappa shape index (κ3) is 4.32. The highest BCUT2D eigenvalue weighted by molar-refractivity contribution is 6.70. The van der Waals surface area contributed by atoms with Crippen molar-refractivity contribution in [3.05, 3.63) is 60.1 Å². The summed E-state index contributed by atoms with van der Waals surface area (Å²) in [6.07, 6.45) is 5.08. The van der Waals surface area contributed by atoms with Gasteiger partial charge in [0.25, 0.3) is 0 Å². The second-order valence-corrected chi connectivity index (χ2v) is 8.14. The fraction of sp³-hybridized carbons (Fsp3) is 0.364. The van der Waals surface area contributed by atoms with Crippen LogP contribution in [0, 0.1) is 23.1 Å². The van der Waals surface area contributed by atoms with Gasteiger partial charge in [-0.2, -0.15) is 5.26 Å². The molecule has 0 aliphatic carbocycles. The van der Waals surface area contributed by atoms with Gasteiger partial charge in [0, 0.05) is 56.1 Å². The highest BCUT2D eigenvalue weighted by Gasteiger charge is 2.34. The summed E-state index contributed by atoms with van der Waals surface area (Å²) < 4.78 is 14.1. The fourth-order valence-corrected chi connectivity index (χ4v) is 4.25. The molecule has 9 heteroatoms. The van der Waals surface area contributed by atoms with E-state index in [0.717, 1.165) is 37.4 Å². The molecule has 2 aliphatic rings. The van der Waals surface area contributed by atoms with Crippen molar-refractivity contribution in [1.29, 1.82) is 5.26 Å². The summed E-state index contributed by atoms with van der Waals surface area (Å²) in [5.41, 5.74) is 7.09. The van der Waals surface area contributed by atoms with Gasteiger partial charge in [-0.1, -0.05) is 24.2 Å². The number of benzene rings is 1. The predicted octanol–water partition coefficient (Wildman–Crippen LogP) is 3.49. The normalized spacial score (nSPS) is 17.9. The van der Waals surface area contributed by atoms with Gasteiger partial charge in [-0.05, 0) is 25.0 Å². The molecule has 3 heterocycles. The Kier molecular flexibility index (Phi) is 6.05. The largest absolute Gasteiger partial charge is 0.398 e. The first-order chi connectivity index (χ1) is 15.0. The second kappa shape index (κ2) is 8.90. The molecule has 31 heavy (non-hydrogen) atoms. The highest BCUT2D eigenvalue weighted by atomic mass is 35.5. The first-order valence-corrected chi connectivity index (χ1v) is 10.5. The lowest BCUT2D eigenvalue weighted by molar-refractivity contribution is 0.195. The van der Waals surface area contributed by atoms with E-state index in [1.165, 1.54) is 12.1 Å². The lowest BCUT2D eigenvalue weighted by Gasteiger charge is -2.41. The smallest absolute Gasteiger partial charge is 0.150 e. The Morgan fingerprint density at radius 2 is 1.97 bits per heavy atom. The second-order valence-electron chi connectivity index (χ2n) is 7.78. The number of likely N-dealkylation sites (tertiary alicyclic amines) is 1. The first-order valence-electron chi connectivity index (χ1n) is 10.2. The third-order valence-corrected chi connectivity index (χ3v) is 6.07. The molecule has 2 fully saturated rings. The number of nitrogens with zero attached hydrogens (tertiary/aromatic N) is 6. The third-order valence-electron chi connectivity index (χ3n) is 5.80. The summed E-state index contributed by atoms with van der Waals surface area (Å²) in [5, 5.41) is 9.10. The van der Waals surface area contributed by atoms with E-state index in [4.69, 9.17) is 22.6 Å². The van der Waals surface area contributed by atoms with Crippen LogP contribution >= 0.6 is 11.6 Å². The monoisotopic (exact) mass is 439 g/mol. The van der Waals surface area contributed by atoms with Crippen molar-refractivity contribution >= 4 is 28.3 Å². The van der Waals surface area contributed by atoms with Crippen LogP contribution in [-0.2, 0) is 0 Å². The van der Waals surface area contributed by atoms with E-state index in [-0.39, 0.29) is 28.3 Å². The van der Waals surface area contributed by atoms with Crippen molar-refractivity contribution in [3.8, 4) is 6.07 Å². The Bertz CT molecular complexity index is 1030. The van der Waals surface area contributed by atoms with Crippen molar-refractivity contribution in [2.45, 2.75) is 18.8 Å². The van der Waals surface area contributed by atoms with Crippen LogP contribution in [0.4, 0.5) is 15.9 Å². The number of nitrogens with two attached hydrogens (primary N) is 1. The van der Waals surface area contributed by atoms with Crippen LogP contribution in [0.25, 0.3) is 0 Å². The molecular formula is C22H23ClFN7. The number of nitrogen functional groups attached to an aromatic ring is 1. The molecule has 0 bridgehead atoms. The van der Waals surface area contributed by atoms with Gasteiger partial charge in [-0.15, -0.1) is 0 Å². The van der Waals surface area contributed by atoms with Gasteiger partial charge in [0.15, 0.2) is 5.82 Å². The summed E-state index contributed by atoms with van der Waals surface area (Å²) >= 11 is 6.23. The first kappa shape index (κ1) is 21.1. The molecule has 2 saturated heterocycles. The molecule has 160 valence electrons. The standard InChI is InChI=1S/C22H23ClFN7/c1-14(29-21(23)19-17(24)3-2-4-18(19)26)31-12-16(13-31)20-22(28-8-7-27-20)30-9-5-15(11-25)6-10-30/h2-4,7-8,15-16H,1,5-6,9-10,12-13,26H2. The molecule has 4 rings (SSSR count). The lowest BCUT2D eigenvalue weighted by atomic mass is 9.94. The van der Waals surface area contributed by atoms with Gasteiger partial charge in [-0.25, -0.2) is 14.4 Å². The van der Waals surface area contributed by atoms with Gasteiger partial charge in [0.2, 0.25) is 0 Å². The molecule has 0 atom stereocenters. The topological polar surface area (TPSA) is 94.4 Å². The number of halogens is 2. The van der Waals surface area contributed by atoms with Crippen LogP contribution in [0.5, 0.6) is 0 Å². The van der Waals surface area contributed by atoms with Crippen LogP contribution in [-0.4, -0.2) is 46.2 Å². The van der Waals surface area contributed by atoms with E-state index in [2.05, 4.69) is 32.5 Å². The maximum atomic E-state index is 14.1. The number of piperidine rings is 1. The molecule has 0 spiro atoms. The number of hydrogen-bond donors (Lipinski definition) is 1. The number of aliphatic imine (C=N–C) groups is 1. The quantitative estimate of drug-likeness (QED) is 0.566. The van der Waals surface area contributed by atoms with E-state index in [1.807, 2.05) is 4.90 Å². The molecule has 0 unspecified atom stereocenters. The summed E-state index contributed by atoms with van der Waals surface area (Å²) in [4.78, 5) is 17.6. The van der Waals surface area contributed by atoms with E-state index in [9.17, 15) is 4.39 Å². The van der Waals surface area contributed by atoms with Crippen LogP contribution in [0.3, 0.4) is 0 Å². The van der Waals surface area contributed by atoms with Crippen LogP contribution in [0.2, 0.25) is 0 Å². The molecule has 2 aromatic rings. The molecule has 0 amide bonds. The van der Waals surface area contributed by atoms with Crippen molar-refractivity contribution in [2.75, 3.05) is 36.8 Å². The predicted molar refractivity (Wildman–Crippen MR) is 119 cm³/mol. The number of aromatic nitrogens is 2. The van der Waals surface area contributed by atoms with E-state index in [1.54, 1.807) is 18.5 Å². The molecule has 2 aliphatic heterocycles. The fourth-order valence-electron chi connectivity index (χ4n) is 3.95. The Hall–Kier alpha value is -3.18. The Morgan fingerprint density at radius 1 is 1.26 bits per heavy atom. The molecule has 0 radical (unpaired) electrons. The summed E-state index contributed by atoms with van der Waals surface area (Å²) in [7, 11) is 0. The Labute approximate surface area is 185 Å². The number of nitriles is 1. The number of hydrogen-bond acceptors (Lipinski definition) is 7. The van der Waals surface area contributed by atoms with Crippen LogP contribution in [0.15, 0.2) is 48.0 Å². The number of rotatable bonds is 5. The minimum absolute atomic E-state index is 0.0235. The lowest BCUT2D eigenvalue weighted by Crippen LogP contribution is -2.45. The Morgan fingerprint density at radius 3 is 2.65 bits per heavy atom. The van der Waals surface area contributed by atoms with Gasteiger partial charge < -0.3 is 15.5 Å². The zero-order valence-corrected chi connectivity index (χ0v) is 17.8. The van der Waals surface area contributed by atoms with E-state index in [0.29, 0.717) is 18.9 Å². The molecule has 2 N–H and O–H groups in total. The van der Waals surface area contributed by atoms with Crippen molar-refractivity contribution in [1.82, 2.24) is 14.9 Å². The molecule has 0 saturated carbocycles. The zero-order valence-electron chi connectivity index (χ0n) is 17.0. The zero-order chi connectivity index (χ0) is 22.0. The van der Waals surface area contributed by atoms with Crippen LogP contribution in [0.1, 0.15) is 30.0 Å². The maximum absolute atomic E-state index is 14.1. The molecule has 1 aromatic heterocycles. The minimum atomic E-state index is -0.521. The average molecular weight is 440 g/mol. The summed E-state index contributed by atoms with van der Waals surface area (Å²) in [5.74, 6) is 1.11. The van der Waals surface area contributed by atoms with Gasteiger partial charge in [-0.3, -0.25) is 4.98 Å². The van der Waals surface area contributed by atoms with Gasteiger partial charge in [0.1, 0.15) is 16.8 Å². The van der Waals surface area contributed by atoms with Crippen LogP contribution < -0.4 is 10.6 Å². The van der Waals surface area contributed by atoms with Crippen molar-refractivity contribution < 1.29 is 4.39 Å². The summed E-state index contributed by atoms with van der Waals surface area (Å²) in [6, 6.07) is 6.75. The Balaban J connectivity index is 1.43. The molecule has 1 aromatic carbocycles. The molecule has 7 nitrogen and oxygen atoms in total. The number of anilines is 2.